The zero-order chi connectivity index (χ0) is 82.3. The van der Waals surface area contributed by atoms with E-state index in [2.05, 4.69) is 46.6 Å². The van der Waals surface area contributed by atoms with Crippen LogP contribution in [0.5, 0.6) is 5.75 Å². The summed E-state index contributed by atoms with van der Waals surface area (Å²) in [5, 5.41) is 75.4. The summed E-state index contributed by atoms with van der Waals surface area (Å²) in [6.07, 6.45) is 4.02. The first-order valence-electron chi connectivity index (χ1n) is 37.6. The number of amides is 5. The number of aromatic amines is 1. The van der Waals surface area contributed by atoms with Gasteiger partial charge in [-0.1, -0.05) is 26.8 Å². The number of benzene rings is 2. The van der Waals surface area contributed by atoms with Crippen molar-refractivity contribution in [3.05, 3.63) is 81.4 Å². The third-order valence-electron chi connectivity index (χ3n) is 18.1. The zero-order valence-corrected chi connectivity index (χ0v) is 65.7. The van der Waals surface area contributed by atoms with Gasteiger partial charge in [-0.15, -0.1) is 0 Å². The van der Waals surface area contributed by atoms with Gasteiger partial charge in [0.25, 0.3) is 5.91 Å². The van der Waals surface area contributed by atoms with Gasteiger partial charge in [0.05, 0.1) is 88.4 Å². The van der Waals surface area contributed by atoms with E-state index in [-0.39, 0.29) is 146 Å². The van der Waals surface area contributed by atoms with E-state index in [0.29, 0.717) is 93.7 Å². The van der Waals surface area contributed by atoms with Gasteiger partial charge in [0.1, 0.15) is 29.5 Å². The number of nitrogens with one attached hydrogen (secondary N) is 8. The highest BCUT2D eigenvalue weighted by Gasteiger charge is 2.42. The average Bonchev–Trinajstić information content (AvgIpc) is 0.892. The van der Waals surface area contributed by atoms with Crippen LogP contribution in [0.15, 0.2) is 58.6 Å². The predicted molar refractivity (Wildman–Crippen MR) is 408 cm³/mol. The summed E-state index contributed by atoms with van der Waals surface area (Å²) in [5.74, 6) is -6.63. The van der Waals surface area contributed by atoms with E-state index in [4.69, 9.17) is 28.4 Å². The number of nitrogens with zero attached hydrogens (tertiary/aromatic N) is 6. The second kappa shape index (κ2) is 49.6. The molecule has 0 bridgehead atoms. The first-order valence-corrected chi connectivity index (χ1v) is 39.1. The molecular weight excluding hydrogens is 1490 g/mol. The number of carboxylic acids is 4. The summed E-state index contributed by atoms with van der Waals surface area (Å²) >= 11 is 0. The molecule has 4 aromatic rings. The normalized spacial score (nSPS) is 18.1. The minimum Gasteiger partial charge on any atom is -0.494 e. The van der Waals surface area contributed by atoms with Crippen molar-refractivity contribution in [2.45, 2.75) is 135 Å². The number of fused-ring (bicyclic) bond motifs is 1. The SMILES string of the molecule is CCCOCCOCCOCCCNC(=O)CCCOc1cc(C)c(S(=O)(=O)NC(CNC(=O)c2cn(C)c3cc(CNc4ncc[nH]4)ccc3c2=O)C(=O)O)c(C)c1.CCNC(=O)[C@@H](CCC(=O)NCCOC1OC(CC)C(O)C(C)C1O)NC(=O)CN1CCN(CC(=O)O)CCN(CC(=O)O)CCN(CC(=O)O)CC1. The number of hydrogen-bond acceptors (Lipinski definition) is 26. The number of likely N-dealkylation sites (N-methyl/N-ethyl adjacent to an activating group) is 1. The lowest BCUT2D eigenvalue weighted by atomic mass is 9.90. The summed E-state index contributed by atoms with van der Waals surface area (Å²) in [4.78, 5) is 138. The number of sulfonamides is 1. The third kappa shape index (κ3) is 33.5. The topological polar surface area (TPSA) is 512 Å². The van der Waals surface area contributed by atoms with Crippen molar-refractivity contribution in [1.82, 2.24) is 65.4 Å². The van der Waals surface area contributed by atoms with Crippen LogP contribution in [-0.4, -0.2) is 321 Å². The zero-order valence-electron chi connectivity index (χ0n) is 64.9. The van der Waals surface area contributed by atoms with Crippen molar-refractivity contribution in [2.24, 2.45) is 13.0 Å². The Morgan fingerprint density at radius 3 is 1.79 bits per heavy atom. The maximum atomic E-state index is 13.5. The molecule has 39 heteroatoms. The van der Waals surface area contributed by atoms with Crippen LogP contribution in [0.2, 0.25) is 0 Å². The number of aromatic nitrogens is 3. The second-order valence-corrected chi connectivity index (χ2v) is 28.7. The van der Waals surface area contributed by atoms with Gasteiger partial charge in [-0.3, -0.25) is 67.5 Å². The Balaban J connectivity index is 0.000000403. The number of anilines is 1. The Labute approximate surface area is 651 Å². The Kier molecular flexibility index (Phi) is 41.5. The van der Waals surface area contributed by atoms with Gasteiger partial charge in [-0.25, -0.2) is 13.4 Å². The van der Waals surface area contributed by atoms with Gasteiger partial charge in [0.2, 0.25) is 39.1 Å². The quantitative estimate of drug-likeness (QED) is 0.0242. The van der Waals surface area contributed by atoms with Crippen LogP contribution in [0.1, 0.15) is 99.7 Å². The highest BCUT2D eigenvalue weighted by Crippen LogP contribution is 2.29. The van der Waals surface area contributed by atoms with Crippen LogP contribution in [-0.2, 0) is 85.7 Å². The molecule has 6 unspecified atom stereocenters. The number of carbonyl (C=O) groups is 9. The molecule has 626 valence electrons. The number of pyridine rings is 1. The lowest BCUT2D eigenvalue weighted by Gasteiger charge is -2.41. The highest BCUT2D eigenvalue weighted by molar-refractivity contribution is 7.89. The number of aliphatic hydroxyl groups is 2. The minimum absolute atomic E-state index is 0.0199. The molecule has 0 radical (unpaired) electrons. The molecule has 2 saturated heterocycles. The van der Waals surface area contributed by atoms with E-state index in [1.54, 1.807) is 89.5 Å². The Hall–Kier alpha value is -8.84. The maximum Gasteiger partial charge on any atom is 0.323 e. The first kappa shape index (κ1) is 93.8. The molecule has 14 N–H and O–H groups in total. The summed E-state index contributed by atoms with van der Waals surface area (Å²) in [6.45, 7) is 15.2. The van der Waals surface area contributed by atoms with E-state index in [0.717, 1.165) is 18.6 Å². The molecule has 2 fully saturated rings. The standard InChI is InChI=1S/C40H55N7O11S.C33H59N7O13/c1-5-14-55-17-19-57-20-18-56-15-7-11-41-35(48)8-6-16-58-30-21-27(2)37(28(3)22-30)59(53,54)46-33(39(51)52)25-44-38(50)32-26-47(4)34-23-29(9-10-31(34)36(32)49)24-45-40-42-12-13-43-40;1-4-24-30(49)22(3)31(50)33(53-24)52-17-8-35-25(41)7-6-23(32(51)34-5-2)36-26(42)18-37-9-11-38(19-27(43)44)13-15-40(21-29(47)48)16-14-39(12-10-37)20-28(45)46/h9-10,12-13,21-23,26,33,46H,5-8,11,14-20,24-25H2,1-4H3,(H,41,48)(H,44,50)(H,51,52)(H2,42,43,45);22-24,30-31,33,49-50H,4-21H2,1-3H3,(H,34,51)(H,35,41)(H,36,42)(H,43,44)(H,45,46)(H,47,48)/t;22?,23-,24?,30?,31?,33?/m.1/s1. The summed E-state index contributed by atoms with van der Waals surface area (Å²) in [6, 6.07) is 5.37. The molecule has 7 atom stereocenters. The smallest absolute Gasteiger partial charge is 0.323 e. The Morgan fingerprint density at radius 2 is 1.24 bits per heavy atom. The van der Waals surface area contributed by atoms with Crippen LogP contribution >= 0.6 is 0 Å². The molecule has 2 aliphatic heterocycles. The van der Waals surface area contributed by atoms with Gasteiger partial charge in [-0.05, 0) is 93.8 Å². The number of H-pyrrole nitrogens is 1. The molecule has 2 aliphatic rings. The van der Waals surface area contributed by atoms with Gasteiger partial charge >= 0.3 is 23.9 Å². The van der Waals surface area contributed by atoms with E-state index in [9.17, 15) is 87.0 Å². The number of aliphatic carboxylic acids is 4. The molecule has 2 aromatic heterocycles. The minimum atomic E-state index is -4.41. The van der Waals surface area contributed by atoms with Crippen molar-refractivity contribution >= 4 is 80.3 Å². The molecule has 0 spiro atoms. The van der Waals surface area contributed by atoms with Crippen molar-refractivity contribution in [3.8, 4) is 5.75 Å². The fourth-order valence-corrected chi connectivity index (χ4v) is 13.8. The molecule has 0 aliphatic carbocycles. The number of imidazole rings is 1. The van der Waals surface area contributed by atoms with E-state index in [1.807, 2.05) is 13.8 Å². The number of carboxylic acid groups (broad SMARTS) is 4. The summed E-state index contributed by atoms with van der Waals surface area (Å²) in [5.41, 5.74) is 1.23. The number of carbonyl (C=O) groups excluding carboxylic acids is 5. The highest BCUT2D eigenvalue weighted by atomic mass is 32.2. The van der Waals surface area contributed by atoms with Crippen molar-refractivity contribution in [2.75, 3.05) is 163 Å². The monoisotopic (exact) mass is 1600 g/mol. The number of ether oxygens (including phenoxy) is 6. The molecule has 4 heterocycles. The van der Waals surface area contributed by atoms with E-state index < -0.39 is 112 Å². The summed E-state index contributed by atoms with van der Waals surface area (Å²) < 4.78 is 64.1. The van der Waals surface area contributed by atoms with Gasteiger partial charge < -0.3 is 101 Å². The Morgan fingerprint density at radius 1 is 0.670 bits per heavy atom. The molecular formula is C73H114N14O24S. The molecule has 6 rings (SSSR count). The van der Waals surface area contributed by atoms with Crippen molar-refractivity contribution < 1.29 is 111 Å². The van der Waals surface area contributed by atoms with Crippen molar-refractivity contribution in [3.63, 3.8) is 0 Å². The molecule has 2 aromatic carbocycles. The van der Waals surface area contributed by atoms with Crippen molar-refractivity contribution in [1.29, 1.82) is 0 Å². The number of aryl methyl sites for hydroxylation is 3. The van der Waals surface area contributed by atoms with Crippen LogP contribution in [0.3, 0.4) is 0 Å². The molecule has 112 heavy (non-hydrogen) atoms. The number of aliphatic hydroxyl groups excluding tert-OH is 2. The Bertz CT molecular complexity index is 3780. The molecule has 5 amide bonds. The second-order valence-electron chi connectivity index (χ2n) is 27.1. The van der Waals surface area contributed by atoms with Crippen LogP contribution in [0.25, 0.3) is 10.9 Å². The fraction of sp³-hybridized carbons (Fsp3) is 0.630. The van der Waals surface area contributed by atoms with Gasteiger partial charge in [0, 0.05) is 148 Å². The molecule has 0 saturated carbocycles. The number of hydrogen-bond donors (Lipinski definition) is 14. The predicted octanol–water partition coefficient (Wildman–Crippen LogP) is -0.734. The average molecular weight is 1600 g/mol. The summed E-state index contributed by atoms with van der Waals surface area (Å²) in [7, 11) is -2.74. The largest absolute Gasteiger partial charge is 0.494 e. The first-order chi connectivity index (χ1) is 53.4. The maximum absolute atomic E-state index is 13.5. The van der Waals surface area contributed by atoms with Crippen LogP contribution < -0.4 is 46.8 Å². The van der Waals surface area contributed by atoms with Gasteiger partial charge in [-0.2, -0.15) is 4.72 Å². The third-order valence-corrected chi connectivity index (χ3v) is 19.9. The van der Waals surface area contributed by atoms with Crippen LogP contribution in [0, 0.1) is 19.8 Å². The lowest BCUT2D eigenvalue weighted by Crippen LogP contribution is -2.54. The van der Waals surface area contributed by atoms with Crippen LogP contribution in [0.4, 0.5) is 5.95 Å². The van der Waals surface area contributed by atoms with E-state index in [1.165, 1.54) is 18.3 Å². The molecule has 38 nitrogen and oxygen atoms in total. The number of rotatable bonds is 46. The van der Waals surface area contributed by atoms with Gasteiger partial charge in [0.15, 0.2) is 12.2 Å². The fourth-order valence-electron chi connectivity index (χ4n) is 12.2. The lowest BCUT2D eigenvalue weighted by molar-refractivity contribution is -0.282. The van der Waals surface area contributed by atoms with E-state index >= 15 is 0 Å².